The van der Waals surface area contributed by atoms with Gasteiger partial charge in [-0.05, 0) is 43.7 Å². The van der Waals surface area contributed by atoms with Crippen molar-refractivity contribution in [3.8, 4) is 5.75 Å². The van der Waals surface area contributed by atoms with Crippen LogP contribution < -0.4 is 5.32 Å². The smallest absolute Gasteiger partial charge is 0.120 e. The maximum absolute atomic E-state index is 9.76. The number of aromatic hydroxyl groups is 1. The zero-order valence-electron chi connectivity index (χ0n) is 12.3. The number of aryl methyl sites for hydroxylation is 1. The number of hydrogen-bond acceptors (Lipinski definition) is 2. The molecule has 1 aromatic rings. The monoisotopic (exact) mass is 261 g/mol. The van der Waals surface area contributed by atoms with Crippen LogP contribution in [0.5, 0.6) is 5.75 Å². The Labute approximate surface area is 117 Å². The summed E-state index contributed by atoms with van der Waals surface area (Å²) in [7, 11) is 0. The van der Waals surface area contributed by atoms with Gasteiger partial charge in [-0.1, -0.05) is 38.7 Å². The van der Waals surface area contributed by atoms with E-state index in [1.54, 1.807) is 0 Å². The standard InChI is InChI=1S/C17H27NO/c1-3-5-14-6-4-7-15(11-9-14)18-16-10-8-13(2)17(19)12-16/h8,10,12,14-15,18-19H,3-7,9,11H2,1-2H3. The van der Waals surface area contributed by atoms with Gasteiger partial charge >= 0.3 is 0 Å². The molecule has 0 aliphatic heterocycles. The summed E-state index contributed by atoms with van der Waals surface area (Å²) < 4.78 is 0. The Bertz CT molecular complexity index is 402. The van der Waals surface area contributed by atoms with Crippen molar-refractivity contribution in [1.29, 1.82) is 0 Å². The van der Waals surface area contributed by atoms with Crippen molar-refractivity contribution in [2.45, 2.75) is 64.8 Å². The van der Waals surface area contributed by atoms with Gasteiger partial charge in [0, 0.05) is 17.8 Å². The molecule has 1 aliphatic carbocycles. The molecular weight excluding hydrogens is 234 g/mol. The predicted octanol–water partition coefficient (Wildman–Crippen LogP) is 4.86. The maximum atomic E-state index is 9.76. The molecule has 0 radical (unpaired) electrons. The lowest BCUT2D eigenvalue weighted by molar-refractivity contribution is 0.422. The molecule has 0 heterocycles. The molecule has 0 amide bonds. The van der Waals surface area contributed by atoms with Crippen molar-refractivity contribution in [1.82, 2.24) is 0 Å². The van der Waals surface area contributed by atoms with Crippen molar-refractivity contribution in [2.24, 2.45) is 5.92 Å². The molecule has 2 rings (SSSR count). The Morgan fingerprint density at radius 3 is 2.79 bits per heavy atom. The highest BCUT2D eigenvalue weighted by atomic mass is 16.3. The highest BCUT2D eigenvalue weighted by molar-refractivity contribution is 5.51. The van der Waals surface area contributed by atoms with Gasteiger partial charge in [0.05, 0.1) is 0 Å². The first-order chi connectivity index (χ1) is 9.19. The normalized spacial score (nSPS) is 23.9. The van der Waals surface area contributed by atoms with E-state index in [9.17, 15) is 5.11 Å². The molecule has 19 heavy (non-hydrogen) atoms. The summed E-state index contributed by atoms with van der Waals surface area (Å²) in [5.74, 6) is 1.32. The summed E-state index contributed by atoms with van der Waals surface area (Å²) in [5.41, 5.74) is 2.00. The highest BCUT2D eigenvalue weighted by Crippen LogP contribution is 2.29. The van der Waals surface area contributed by atoms with E-state index in [4.69, 9.17) is 0 Å². The van der Waals surface area contributed by atoms with Crippen molar-refractivity contribution in [3.63, 3.8) is 0 Å². The summed E-state index contributed by atoms with van der Waals surface area (Å²) in [4.78, 5) is 0. The first kappa shape index (κ1) is 14.2. The minimum atomic E-state index is 0.391. The Morgan fingerprint density at radius 2 is 2.05 bits per heavy atom. The molecule has 2 heteroatoms. The third-order valence-corrected chi connectivity index (χ3v) is 4.37. The Balaban J connectivity index is 1.90. The lowest BCUT2D eigenvalue weighted by Gasteiger charge is -2.18. The summed E-state index contributed by atoms with van der Waals surface area (Å²) in [6.07, 6.45) is 9.30. The predicted molar refractivity (Wildman–Crippen MR) is 81.7 cm³/mol. The van der Waals surface area contributed by atoms with E-state index < -0.39 is 0 Å². The van der Waals surface area contributed by atoms with Gasteiger partial charge < -0.3 is 10.4 Å². The summed E-state index contributed by atoms with van der Waals surface area (Å²) >= 11 is 0. The quantitative estimate of drug-likeness (QED) is 0.758. The molecule has 0 saturated heterocycles. The number of rotatable bonds is 4. The Hall–Kier alpha value is -1.18. The van der Waals surface area contributed by atoms with Crippen LogP contribution in [0.4, 0.5) is 5.69 Å². The van der Waals surface area contributed by atoms with Crippen molar-refractivity contribution in [3.05, 3.63) is 23.8 Å². The number of anilines is 1. The lowest BCUT2D eigenvalue weighted by atomic mass is 9.95. The van der Waals surface area contributed by atoms with E-state index in [2.05, 4.69) is 18.3 Å². The molecule has 1 aromatic carbocycles. The van der Waals surface area contributed by atoms with Gasteiger partial charge in [0.1, 0.15) is 5.75 Å². The second-order valence-corrected chi connectivity index (χ2v) is 6.01. The summed E-state index contributed by atoms with van der Waals surface area (Å²) in [6, 6.07) is 6.48. The molecular formula is C17H27NO. The fourth-order valence-electron chi connectivity index (χ4n) is 3.15. The lowest BCUT2D eigenvalue weighted by Crippen LogP contribution is -2.18. The van der Waals surface area contributed by atoms with Gasteiger partial charge in [-0.3, -0.25) is 0 Å². The third-order valence-electron chi connectivity index (χ3n) is 4.37. The van der Waals surface area contributed by atoms with Crippen LogP contribution >= 0.6 is 0 Å². The van der Waals surface area contributed by atoms with Crippen molar-refractivity contribution < 1.29 is 5.11 Å². The summed E-state index contributed by atoms with van der Waals surface area (Å²) in [5, 5.41) is 13.3. The Morgan fingerprint density at radius 1 is 1.21 bits per heavy atom. The first-order valence-corrected chi connectivity index (χ1v) is 7.75. The van der Waals surface area contributed by atoms with Gasteiger partial charge in [0.15, 0.2) is 0 Å². The number of hydrogen-bond donors (Lipinski definition) is 2. The van der Waals surface area contributed by atoms with Crippen LogP contribution in [-0.4, -0.2) is 11.1 Å². The topological polar surface area (TPSA) is 32.3 Å². The van der Waals surface area contributed by atoms with E-state index in [0.717, 1.165) is 17.2 Å². The molecule has 2 nitrogen and oxygen atoms in total. The fourth-order valence-corrected chi connectivity index (χ4v) is 3.15. The molecule has 2 N–H and O–H groups in total. The molecule has 106 valence electrons. The average Bonchev–Trinajstić information content (AvgIpc) is 2.60. The number of phenolic OH excluding ortho intramolecular Hbond substituents is 1. The largest absolute Gasteiger partial charge is 0.508 e. The van der Waals surface area contributed by atoms with Gasteiger partial charge in [-0.2, -0.15) is 0 Å². The van der Waals surface area contributed by atoms with Gasteiger partial charge in [0.25, 0.3) is 0 Å². The Kier molecular flexibility index (Phi) is 5.12. The number of benzene rings is 1. The minimum Gasteiger partial charge on any atom is -0.508 e. The van der Waals surface area contributed by atoms with Crippen LogP contribution in [0.2, 0.25) is 0 Å². The average molecular weight is 261 g/mol. The molecule has 0 aromatic heterocycles. The zero-order valence-corrected chi connectivity index (χ0v) is 12.3. The van der Waals surface area contributed by atoms with Crippen LogP contribution in [0, 0.1) is 12.8 Å². The van der Waals surface area contributed by atoms with Crippen LogP contribution in [0.15, 0.2) is 18.2 Å². The third kappa shape index (κ3) is 4.15. The van der Waals surface area contributed by atoms with E-state index in [0.29, 0.717) is 11.8 Å². The second-order valence-electron chi connectivity index (χ2n) is 6.01. The van der Waals surface area contributed by atoms with Crippen molar-refractivity contribution in [2.75, 3.05) is 5.32 Å². The first-order valence-electron chi connectivity index (χ1n) is 7.75. The van der Waals surface area contributed by atoms with Gasteiger partial charge in [0.2, 0.25) is 0 Å². The molecule has 1 aliphatic rings. The molecule has 0 bridgehead atoms. The van der Waals surface area contributed by atoms with E-state index >= 15 is 0 Å². The molecule has 0 spiro atoms. The highest BCUT2D eigenvalue weighted by Gasteiger charge is 2.18. The van der Waals surface area contributed by atoms with Gasteiger partial charge in [-0.15, -0.1) is 0 Å². The van der Waals surface area contributed by atoms with Crippen LogP contribution in [0.1, 0.15) is 57.4 Å². The fraction of sp³-hybridized carbons (Fsp3) is 0.647. The summed E-state index contributed by atoms with van der Waals surface area (Å²) in [6.45, 7) is 4.22. The van der Waals surface area contributed by atoms with E-state index in [-0.39, 0.29) is 0 Å². The second kappa shape index (κ2) is 6.83. The zero-order chi connectivity index (χ0) is 13.7. The van der Waals surface area contributed by atoms with Crippen LogP contribution in [-0.2, 0) is 0 Å². The molecule has 2 unspecified atom stereocenters. The minimum absolute atomic E-state index is 0.391. The molecule has 1 saturated carbocycles. The van der Waals surface area contributed by atoms with E-state index in [1.807, 2.05) is 19.1 Å². The van der Waals surface area contributed by atoms with Crippen molar-refractivity contribution >= 4 is 5.69 Å². The van der Waals surface area contributed by atoms with Gasteiger partial charge in [-0.25, -0.2) is 0 Å². The van der Waals surface area contributed by atoms with E-state index in [1.165, 1.54) is 44.9 Å². The SMILES string of the molecule is CCCC1CCCC(Nc2ccc(C)c(O)c2)CC1. The van der Waals surface area contributed by atoms with Crippen LogP contribution in [0.25, 0.3) is 0 Å². The maximum Gasteiger partial charge on any atom is 0.120 e. The van der Waals surface area contributed by atoms with Crippen LogP contribution in [0.3, 0.4) is 0 Å². The number of phenols is 1. The molecule has 2 atom stereocenters. The number of nitrogens with one attached hydrogen (secondary N) is 1. The molecule has 1 fully saturated rings.